The van der Waals surface area contributed by atoms with E-state index in [1.165, 1.54) is 11.5 Å². The zero-order valence-electron chi connectivity index (χ0n) is 10.2. The Morgan fingerprint density at radius 1 is 1.53 bits per heavy atom. The summed E-state index contributed by atoms with van der Waals surface area (Å²) in [7, 11) is 1.92. The highest BCUT2D eigenvalue weighted by atomic mass is 32.1. The maximum absolute atomic E-state index is 4.10. The fourth-order valence-corrected chi connectivity index (χ4v) is 2.56. The first-order valence-corrected chi connectivity index (χ1v) is 6.39. The number of nitrogens with zero attached hydrogens (tertiary/aromatic N) is 5. The molecular weight excluding hydrogens is 236 g/mol. The van der Waals surface area contributed by atoms with Gasteiger partial charge in [-0.05, 0) is 31.9 Å². The molecule has 2 aromatic rings. The van der Waals surface area contributed by atoms with Gasteiger partial charge in [-0.1, -0.05) is 16.6 Å². The van der Waals surface area contributed by atoms with Gasteiger partial charge < -0.3 is 5.32 Å². The summed E-state index contributed by atoms with van der Waals surface area (Å²) >= 11 is 1.41. The van der Waals surface area contributed by atoms with Crippen molar-refractivity contribution >= 4 is 11.5 Å². The van der Waals surface area contributed by atoms with Crippen molar-refractivity contribution in [1.29, 1.82) is 0 Å². The largest absolute Gasteiger partial charge is 0.307 e. The predicted molar refractivity (Wildman–Crippen MR) is 65.9 cm³/mol. The van der Waals surface area contributed by atoms with E-state index in [9.17, 15) is 0 Å². The van der Waals surface area contributed by atoms with Crippen molar-refractivity contribution in [3.63, 3.8) is 0 Å². The lowest BCUT2D eigenvalue weighted by molar-refractivity contribution is 0.525. The van der Waals surface area contributed by atoms with Crippen LogP contribution < -0.4 is 5.32 Å². The highest BCUT2D eigenvalue weighted by Gasteiger charge is 2.21. The monoisotopic (exact) mass is 252 g/mol. The Labute approximate surface area is 104 Å². The third-order valence-electron chi connectivity index (χ3n) is 2.62. The van der Waals surface area contributed by atoms with Crippen molar-refractivity contribution < 1.29 is 0 Å². The van der Waals surface area contributed by atoms with Gasteiger partial charge in [0.25, 0.3) is 0 Å². The molecule has 0 radical (unpaired) electrons. The maximum atomic E-state index is 4.10. The highest BCUT2D eigenvalue weighted by molar-refractivity contribution is 7.05. The lowest BCUT2D eigenvalue weighted by atomic mass is 10.1. The molecule has 2 rings (SSSR count). The van der Waals surface area contributed by atoms with E-state index >= 15 is 0 Å². The molecule has 0 saturated carbocycles. The molecule has 1 unspecified atom stereocenters. The summed E-state index contributed by atoms with van der Waals surface area (Å²) in [4.78, 5) is 1.12. The summed E-state index contributed by atoms with van der Waals surface area (Å²) in [5.74, 6) is 0. The maximum Gasteiger partial charge on any atom is 0.0891 e. The van der Waals surface area contributed by atoms with Crippen LogP contribution in [0, 0.1) is 6.92 Å². The van der Waals surface area contributed by atoms with Crippen LogP contribution in [0.4, 0.5) is 0 Å². The summed E-state index contributed by atoms with van der Waals surface area (Å²) in [6.07, 6.45) is 2.84. The Balaban J connectivity index is 2.35. The molecule has 0 aliphatic carbocycles. The molecule has 0 spiro atoms. The van der Waals surface area contributed by atoms with Gasteiger partial charge in [0.15, 0.2) is 0 Å². The molecule has 0 aliphatic rings. The van der Waals surface area contributed by atoms with Gasteiger partial charge in [0.05, 0.1) is 28.5 Å². The molecule has 1 atom stereocenters. The Hall–Kier alpha value is -1.34. The van der Waals surface area contributed by atoms with Crippen LogP contribution in [0.25, 0.3) is 0 Å². The number of hydrogen-bond donors (Lipinski definition) is 1. The topological polar surface area (TPSA) is 68.5 Å². The lowest BCUT2D eigenvalue weighted by Crippen LogP contribution is -2.21. The summed E-state index contributed by atoms with van der Waals surface area (Å²) < 4.78 is 5.91. The molecule has 6 nitrogen and oxygen atoms in total. The smallest absolute Gasteiger partial charge is 0.0891 e. The van der Waals surface area contributed by atoms with Crippen molar-refractivity contribution in [3.8, 4) is 0 Å². The molecule has 17 heavy (non-hydrogen) atoms. The van der Waals surface area contributed by atoms with E-state index in [-0.39, 0.29) is 6.04 Å². The van der Waals surface area contributed by atoms with Crippen LogP contribution in [-0.4, -0.2) is 31.6 Å². The van der Waals surface area contributed by atoms with Crippen molar-refractivity contribution in [2.45, 2.75) is 32.9 Å². The summed E-state index contributed by atoms with van der Waals surface area (Å²) in [5, 5.41) is 15.4. The molecule has 0 bridgehead atoms. The Morgan fingerprint density at radius 3 is 2.94 bits per heavy atom. The predicted octanol–water partition coefficient (Wildman–Crippen LogP) is 1.16. The van der Waals surface area contributed by atoms with E-state index in [0.717, 1.165) is 29.2 Å². The molecular formula is C10H16N6S. The summed E-state index contributed by atoms with van der Waals surface area (Å²) in [6, 6.07) is 0.0662. The average molecular weight is 252 g/mol. The van der Waals surface area contributed by atoms with Gasteiger partial charge in [-0.25, -0.2) is 4.68 Å². The second kappa shape index (κ2) is 5.33. The quantitative estimate of drug-likeness (QED) is 0.864. The van der Waals surface area contributed by atoms with E-state index in [1.54, 1.807) is 6.20 Å². The van der Waals surface area contributed by atoms with E-state index in [4.69, 9.17) is 0 Å². The molecule has 92 valence electrons. The van der Waals surface area contributed by atoms with Crippen LogP contribution in [0.3, 0.4) is 0 Å². The summed E-state index contributed by atoms with van der Waals surface area (Å²) in [5.41, 5.74) is 2.02. The first-order chi connectivity index (χ1) is 8.27. The van der Waals surface area contributed by atoms with Gasteiger partial charge in [-0.2, -0.15) is 0 Å². The number of hydrogen-bond acceptors (Lipinski definition) is 6. The minimum atomic E-state index is 0.0662. The van der Waals surface area contributed by atoms with Crippen LogP contribution in [0.2, 0.25) is 0 Å². The second-order valence-electron chi connectivity index (χ2n) is 3.83. The van der Waals surface area contributed by atoms with Gasteiger partial charge in [0.2, 0.25) is 0 Å². The van der Waals surface area contributed by atoms with E-state index in [0.29, 0.717) is 0 Å². The molecule has 0 amide bonds. The average Bonchev–Trinajstić information content (AvgIpc) is 2.92. The van der Waals surface area contributed by atoms with Crippen molar-refractivity contribution in [1.82, 2.24) is 29.9 Å². The van der Waals surface area contributed by atoms with Gasteiger partial charge in [0.1, 0.15) is 0 Å². The standard InChI is InChI=1S/C10H16N6S/c1-4-5-16-8(6-12-14-16)9(11-3)10-7(2)13-15-17-10/h6,9,11H,4-5H2,1-3H3. The summed E-state index contributed by atoms with van der Waals surface area (Å²) in [6.45, 7) is 4.97. The second-order valence-corrected chi connectivity index (χ2v) is 4.61. The van der Waals surface area contributed by atoms with Crippen molar-refractivity contribution in [2.75, 3.05) is 7.05 Å². The van der Waals surface area contributed by atoms with Crippen molar-refractivity contribution in [3.05, 3.63) is 22.5 Å². The normalized spacial score (nSPS) is 12.9. The Bertz CT molecular complexity index is 477. The van der Waals surface area contributed by atoms with Gasteiger partial charge in [-0.15, -0.1) is 10.2 Å². The third kappa shape index (κ3) is 2.34. The fourth-order valence-electron chi connectivity index (χ4n) is 1.79. The minimum absolute atomic E-state index is 0.0662. The Kier molecular flexibility index (Phi) is 3.80. The zero-order chi connectivity index (χ0) is 12.3. The zero-order valence-corrected chi connectivity index (χ0v) is 11.0. The van der Waals surface area contributed by atoms with Gasteiger partial charge in [-0.3, -0.25) is 0 Å². The van der Waals surface area contributed by atoms with Crippen LogP contribution in [0.5, 0.6) is 0 Å². The van der Waals surface area contributed by atoms with E-state index in [1.807, 2.05) is 18.7 Å². The lowest BCUT2D eigenvalue weighted by Gasteiger charge is -2.15. The Morgan fingerprint density at radius 2 is 2.35 bits per heavy atom. The number of rotatable bonds is 5. The van der Waals surface area contributed by atoms with Crippen LogP contribution in [0.15, 0.2) is 6.20 Å². The molecule has 7 heteroatoms. The molecule has 2 heterocycles. The molecule has 2 aromatic heterocycles. The molecule has 0 aliphatic heterocycles. The molecule has 1 N–H and O–H groups in total. The molecule has 0 aromatic carbocycles. The van der Waals surface area contributed by atoms with Crippen LogP contribution >= 0.6 is 11.5 Å². The first kappa shape index (κ1) is 12.1. The van der Waals surface area contributed by atoms with Crippen LogP contribution in [-0.2, 0) is 6.54 Å². The minimum Gasteiger partial charge on any atom is -0.307 e. The van der Waals surface area contributed by atoms with Gasteiger partial charge >= 0.3 is 0 Å². The molecule has 0 saturated heterocycles. The first-order valence-electron chi connectivity index (χ1n) is 5.62. The number of aryl methyl sites for hydroxylation is 2. The highest BCUT2D eigenvalue weighted by Crippen LogP contribution is 2.25. The number of aromatic nitrogens is 5. The number of nitrogens with one attached hydrogen (secondary N) is 1. The van der Waals surface area contributed by atoms with E-state index < -0.39 is 0 Å². The fraction of sp³-hybridized carbons (Fsp3) is 0.600. The van der Waals surface area contributed by atoms with Crippen LogP contribution in [0.1, 0.15) is 35.7 Å². The third-order valence-corrected chi connectivity index (χ3v) is 3.51. The van der Waals surface area contributed by atoms with Gasteiger partial charge in [0, 0.05) is 6.54 Å². The SMILES string of the molecule is CCCn1nncc1C(NC)c1snnc1C. The molecule has 0 fully saturated rings. The van der Waals surface area contributed by atoms with E-state index in [2.05, 4.69) is 32.1 Å². The van der Waals surface area contributed by atoms with Crippen molar-refractivity contribution in [2.24, 2.45) is 0 Å².